The highest BCUT2D eigenvalue weighted by molar-refractivity contribution is 7.90. The van der Waals surface area contributed by atoms with Crippen molar-refractivity contribution < 1.29 is 22.9 Å². The molecule has 0 radical (unpaired) electrons. The fraction of sp³-hybridized carbons (Fsp3) is 0.333. The zero-order valence-electron chi connectivity index (χ0n) is 13.5. The molecule has 0 atom stereocenters. The lowest BCUT2D eigenvalue weighted by Crippen LogP contribution is -2.31. The van der Waals surface area contributed by atoms with Gasteiger partial charge in [-0.25, -0.2) is 4.79 Å². The Morgan fingerprint density at radius 2 is 2.08 bits per heavy atom. The summed E-state index contributed by atoms with van der Waals surface area (Å²) < 4.78 is 33.4. The van der Waals surface area contributed by atoms with Crippen LogP contribution in [0.5, 0.6) is 0 Å². The minimum absolute atomic E-state index is 0.0469. The molecule has 134 valence electrons. The van der Waals surface area contributed by atoms with E-state index in [4.69, 9.17) is 4.74 Å². The van der Waals surface area contributed by atoms with Crippen LogP contribution in [0.15, 0.2) is 45.7 Å². The minimum Gasteiger partial charge on any atom is -0.447 e. The van der Waals surface area contributed by atoms with E-state index in [0.717, 1.165) is 35.6 Å². The van der Waals surface area contributed by atoms with Crippen LogP contribution in [0.25, 0.3) is 0 Å². The van der Waals surface area contributed by atoms with E-state index in [9.17, 15) is 23.3 Å². The zero-order chi connectivity index (χ0) is 18.4. The Hall–Kier alpha value is -2.75. The van der Waals surface area contributed by atoms with E-state index >= 15 is 0 Å². The molecule has 1 fully saturated rings. The molecule has 9 nitrogen and oxygen atoms in total. The lowest BCUT2D eigenvalue weighted by Gasteiger charge is -2.12. The summed E-state index contributed by atoms with van der Waals surface area (Å²) in [6.45, 7) is 2.31. The summed E-state index contributed by atoms with van der Waals surface area (Å²) in [6.07, 6.45) is 4.05. The normalized spacial score (nSPS) is 15.6. The molecule has 1 aromatic carbocycles. The maximum atomic E-state index is 12.4. The van der Waals surface area contributed by atoms with Crippen molar-refractivity contribution in [2.24, 2.45) is 4.40 Å². The average Bonchev–Trinajstić information content (AvgIpc) is 3.00. The van der Waals surface area contributed by atoms with Gasteiger partial charge in [-0.15, -0.1) is 4.40 Å². The number of ether oxygens (including phenoxy) is 1. The maximum absolute atomic E-state index is 12.4. The number of rotatable bonds is 6. The Balaban J connectivity index is 2.38. The van der Waals surface area contributed by atoms with Gasteiger partial charge in [-0.05, 0) is 24.6 Å². The molecule has 25 heavy (non-hydrogen) atoms. The smallest absolute Gasteiger partial charge is 0.415 e. The van der Waals surface area contributed by atoms with Crippen molar-refractivity contribution in [2.75, 3.05) is 13.2 Å². The molecule has 10 heteroatoms. The van der Waals surface area contributed by atoms with Crippen LogP contribution in [0.3, 0.4) is 0 Å². The van der Waals surface area contributed by atoms with Gasteiger partial charge in [-0.3, -0.25) is 15.0 Å². The quantitative estimate of drug-likeness (QED) is 0.330. The summed E-state index contributed by atoms with van der Waals surface area (Å²) in [4.78, 5) is 22.7. The Morgan fingerprint density at radius 3 is 2.60 bits per heavy atom. The standard InChI is InChI=1S/C15H17N3O6S/c1-2-3-4-5-14(17-10-11-24-15(17)19)16-25(22,23)13-8-6-12(7-9-13)18(20)21/h4-9H,2-3,10-11H2,1H3/b5-4+,16-14-. The van der Waals surface area contributed by atoms with E-state index in [1.54, 1.807) is 6.08 Å². The van der Waals surface area contributed by atoms with Crippen LogP contribution in [-0.2, 0) is 14.8 Å². The van der Waals surface area contributed by atoms with Gasteiger partial charge in [0, 0.05) is 12.1 Å². The summed E-state index contributed by atoms with van der Waals surface area (Å²) in [5, 5.41) is 10.7. The van der Waals surface area contributed by atoms with Crippen LogP contribution >= 0.6 is 0 Å². The number of hydrogen-bond acceptors (Lipinski definition) is 6. The fourth-order valence-corrected chi connectivity index (χ4v) is 3.03. The number of unbranched alkanes of at least 4 members (excludes halogenated alkanes) is 1. The van der Waals surface area contributed by atoms with Crippen molar-refractivity contribution >= 4 is 27.6 Å². The highest BCUT2D eigenvalue weighted by atomic mass is 32.2. The third-order valence-electron chi connectivity index (χ3n) is 3.32. The van der Waals surface area contributed by atoms with Gasteiger partial charge in [0.25, 0.3) is 15.7 Å². The molecule has 2 rings (SSSR count). The van der Waals surface area contributed by atoms with E-state index < -0.39 is 21.0 Å². The zero-order valence-corrected chi connectivity index (χ0v) is 14.3. The van der Waals surface area contributed by atoms with Gasteiger partial charge < -0.3 is 4.74 Å². The van der Waals surface area contributed by atoms with Crippen molar-refractivity contribution in [1.29, 1.82) is 0 Å². The number of sulfonamides is 1. The number of allylic oxidation sites excluding steroid dienone is 1. The first kappa shape index (κ1) is 18.6. The second-order valence-corrected chi connectivity index (χ2v) is 6.74. The SMILES string of the molecule is CCC/C=C/C(=N/S(=O)(=O)c1ccc([N+](=O)[O-])cc1)N1CCOC1=O. The van der Waals surface area contributed by atoms with Crippen LogP contribution in [0.2, 0.25) is 0 Å². The number of non-ortho nitro benzene ring substituents is 1. The van der Waals surface area contributed by atoms with Crippen LogP contribution in [0.1, 0.15) is 19.8 Å². The van der Waals surface area contributed by atoms with Gasteiger partial charge in [0.05, 0.1) is 16.4 Å². The molecule has 0 unspecified atom stereocenters. The van der Waals surface area contributed by atoms with Crippen LogP contribution in [-0.4, -0.2) is 43.3 Å². The molecular weight excluding hydrogens is 350 g/mol. The Labute approximate surface area is 144 Å². The summed E-state index contributed by atoms with van der Waals surface area (Å²) in [5.74, 6) is -0.0469. The molecule has 1 aliphatic rings. The van der Waals surface area contributed by atoms with Crippen molar-refractivity contribution in [3.63, 3.8) is 0 Å². The number of carbonyl (C=O) groups is 1. The monoisotopic (exact) mass is 367 g/mol. The molecule has 1 aromatic rings. The largest absolute Gasteiger partial charge is 0.447 e. The van der Waals surface area contributed by atoms with Gasteiger partial charge in [0.1, 0.15) is 6.61 Å². The Morgan fingerprint density at radius 1 is 1.40 bits per heavy atom. The third kappa shape index (κ3) is 4.63. The number of hydrogen-bond donors (Lipinski definition) is 0. The summed E-state index contributed by atoms with van der Waals surface area (Å²) >= 11 is 0. The molecular formula is C15H17N3O6S. The second-order valence-electron chi connectivity index (χ2n) is 5.13. The number of amides is 1. The van der Waals surface area contributed by atoms with E-state index in [0.29, 0.717) is 6.42 Å². The number of nitrogens with zero attached hydrogens (tertiary/aromatic N) is 3. The molecule has 0 bridgehead atoms. The predicted molar refractivity (Wildman–Crippen MR) is 89.8 cm³/mol. The van der Waals surface area contributed by atoms with Crippen molar-refractivity contribution in [1.82, 2.24) is 4.90 Å². The maximum Gasteiger partial charge on any atom is 0.415 e. The second kappa shape index (κ2) is 7.88. The molecule has 0 aliphatic carbocycles. The molecule has 0 aromatic heterocycles. The number of cyclic esters (lactones) is 1. The highest BCUT2D eigenvalue weighted by Gasteiger charge is 2.27. The highest BCUT2D eigenvalue weighted by Crippen LogP contribution is 2.19. The van der Waals surface area contributed by atoms with Crippen LogP contribution in [0, 0.1) is 10.1 Å². The summed E-state index contributed by atoms with van der Waals surface area (Å²) in [5.41, 5.74) is -0.228. The molecule has 1 heterocycles. The fourth-order valence-electron chi connectivity index (χ4n) is 2.04. The molecule has 0 spiro atoms. The average molecular weight is 367 g/mol. The molecule has 1 amide bonds. The Kier molecular flexibility index (Phi) is 5.86. The van der Waals surface area contributed by atoms with Gasteiger partial charge in [-0.1, -0.05) is 19.4 Å². The van der Waals surface area contributed by atoms with Crippen molar-refractivity contribution in [3.05, 3.63) is 46.5 Å². The molecule has 1 aliphatic heterocycles. The predicted octanol–water partition coefficient (Wildman–Crippen LogP) is 2.49. The third-order valence-corrected chi connectivity index (χ3v) is 4.61. The van der Waals surface area contributed by atoms with Gasteiger partial charge in [0.15, 0.2) is 5.84 Å². The topological polar surface area (TPSA) is 119 Å². The molecule has 1 saturated heterocycles. The number of benzene rings is 1. The van der Waals surface area contributed by atoms with E-state index in [1.807, 2.05) is 6.92 Å². The molecule has 0 saturated carbocycles. The number of amidine groups is 1. The number of nitro benzene ring substituents is 1. The summed E-state index contributed by atoms with van der Waals surface area (Å²) in [7, 11) is -4.14. The number of carbonyl (C=O) groups excluding carboxylic acids is 1. The van der Waals surface area contributed by atoms with E-state index in [1.165, 1.54) is 6.08 Å². The lowest BCUT2D eigenvalue weighted by molar-refractivity contribution is -0.384. The minimum atomic E-state index is -4.14. The lowest BCUT2D eigenvalue weighted by atomic mass is 10.3. The van der Waals surface area contributed by atoms with E-state index in [-0.39, 0.29) is 29.6 Å². The van der Waals surface area contributed by atoms with Crippen molar-refractivity contribution in [3.8, 4) is 0 Å². The Bertz CT molecular complexity index is 814. The van der Waals surface area contributed by atoms with Gasteiger partial charge >= 0.3 is 6.09 Å². The summed E-state index contributed by atoms with van der Waals surface area (Å²) in [6, 6.07) is 4.37. The van der Waals surface area contributed by atoms with Crippen molar-refractivity contribution in [2.45, 2.75) is 24.7 Å². The first-order valence-corrected chi connectivity index (χ1v) is 8.99. The number of nitro groups is 1. The van der Waals surface area contributed by atoms with Gasteiger partial charge in [-0.2, -0.15) is 8.42 Å². The van der Waals surface area contributed by atoms with Crippen LogP contribution < -0.4 is 0 Å². The first-order valence-electron chi connectivity index (χ1n) is 7.55. The van der Waals surface area contributed by atoms with Gasteiger partial charge in [0.2, 0.25) is 0 Å². The van der Waals surface area contributed by atoms with Crippen LogP contribution in [0.4, 0.5) is 10.5 Å². The first-order chi connectivity index (χ1) is 11.8. The molecule has 0 N–H and O–H groups in total. The van der Waals surface area contributed by atoms with E-state index in [2.05, 4.69) is 4.40 Å².